The first-order valence-electron chi connectivity index (χ1n) is 6.65. The van der Waals surface area contributed by atoms with Crippen LogP contribution in [0.4, 0.5) is 0 Å². The largest absolute Gasteiger partial charge is 0.493 e. The number of benzene rings is 1. The summed E-state index contributed by atoms with van der Waals surface area (Å²) in [5.74, 6) is 0.870. The zero-order valence-electron chi connectivity index (χ0n) is 11.6. The minimum Gasteiger partial charge on any atom is -0.493 e. The van der Waals surface area contributed by atoms with Gasteiger partial charge in [0.2, 0.25) is 0 Å². The maximum Gasteiger partial charge on any atom is 0.123 e. The molecule has 0 bridgehead atoms. The molecule has 0 saturated carbocycles. The number of hydrogen-bond donors (Lipinski definition) is 1. The normalized spacial score (nSPS) is 10.5. The molecule has 0 radical (unpaired) electrons. The number of hydrogen-bond acceptors (Lipinski definition) is 3. The molecular weight excluding hydrogens is 260 g/mol. The second kappa shape index (κ2) is 8.79. The van der Waals surface area contributed by atoms with E-state index >= 15 is 0 Å². The highest BCUT2D eigenvalue weighted by molar-refractivity contribution is 6.30. The summed E-state index contributed by atoms with van der Waals surface area (Å²) < 4.78 is 5.76. The van der Waals surface area contributed by atoms with Crippen molar-refractivity contribution >= 4 is 11.6 Å². The number of unbranched alkanes of at least 4 members (excludes halogenated alkanes) is 2. The Morgan fingerprint density at radius 3 is 2.84 bits per heavy atom. The first-order valence-corrected chi connectivity index (χ1v) is 7.03. The highest BCUT2D eigenvalue weighted by Gasteiger charge is 2.05. The minimum absolute atomic E-state index is 0.419. The fraction of sp³-hybridized carbons (Fsp3) is 0.533. The van der Waals surface area contributed by atoms with Gasteiger partial charge < -0.3 is 10.1 Å². The zero-order chi connectivity index (χ0) is 14.1. The van der Waals surface area contributed by atoms with E-state index < -0.39 is 0 Å². The van der Waals surface area contributed by atoms with Crippen LogP contribution in [-0.4, -0.2) is 12.6 Å². The Balaban J connectivity index is 2.53. The Hall–Kier alpha value is -1.24. The van der Waals surface area contributed by atoms with Crippen LogP contribution < -0.4 is 10.1 Å². The Labute approximate surface area is 120 Å². The summed E-state index contributed by atoms with van der Waals surface area (Å²) in [5, 5.41) is 12.5. The van der Waals surface area contributed by atoms with E-state index in [1.54, 1.807) is 0 Å². The molecule has 0 aliphatic rings. The summed E-state index contributed by atoms with van der Waals surface area (Å²) in [6, 6.07) is 8.23. The van der Waals surface area contributed by atoms with Gasteiger partial charge in [-0.3, -0.25) is 0 Å². The summed E-state index contributed by atoms with van der Waals surface area (Å²) in [7, 11) is 0. The smallest absolute Gasteiger partial charge is 0.123 e. The van der Waals surface area contributed by atoms with Crippen molar-refractivity contribution < 1.29 is 4.74 Å². The van der Waals surface area contributed by atoms with Gasteiger partial charge in [0.1, 0.15) is 5.75 Å². The predicted octanol–water partition coefficient (Wildman–Crippen LogP) is 3.91. The lowest BCUT2D eigenvalue weighted by Gasteiger charge is -2.14. The van der Waals surface area contributed by atoms with Crippen molar-refractivity contribution in [1.29, 1.82) is 5.26 Å². The molecule has 0 spiro atoms. The van der Waals surface area contributed by atoms with E-state index in [1.165, 1.54) is 0 Å². The van der Waals surface area contributed by atoms with Crippen molar-refractivity contribution in [3.8, 4) is 11.8 Å². The molecule has 3 nitrogen and oxygen atoms in total. The second-order valence-corrected chi connectivity index (χ2v) is 5.19. The van der Waals surface area contributed by atoms with E-state index in [0.717, 1.165) is 35.7 Å². The maximum atomic E-state index is 8.47. The van der Waals surface area contributed by atoms with Gasteiger partial charge in [-0.05, 0) is 31.0 Å². The third-order valence-corrected chi connectivity index (χ3v) is 2.90. The average Bonchev–Trinajstić information content (AvgIpc) is 2.38. The first-order chi connectivity index (χ1) is 9.13. The Kier molecular flexibility index (Phi) is 7.32. The monoisotopic (exact) mass is 280 g/mol. The van der Waals surface area contributed by atoms with Crippen LogP contribution in [0.3, 0.4) is 0 Å². The fourth-order valence-corrected chi connectivity index (χ4v) is 1.82. The lowest BCUT2D eigenvalue weighted by Crippen LogP contribution is -2.22. The van der Waals surface area contributed by atoms with Crippen molar-refractivity contribution in [1.82, 2.24) is 5.32 Å². The number of ether oxygens (including phenoxy) is 1. The van der Waals surface area contributed by atoms with Crippen LogP contribution in [0.15, 0.2) is 18.2 Å². The standard InChI is InChI=1S/C15H21ClN2O/c1-12(2)18-11-13-10-14(16)6-7-15(13)19-9-5-3-4-8-17/h6-7,10,12,18H,3-5,9,11H2,1-2H3. The Bertz CT molecular complexity index is 427. The SMILES string of the molecule is CC(C)NCc1cc(Cl)ccc1OCCCCC#N. The van der Waals surface area contributed by atoms with E-state index in [1.807, 2.05) is 18.2 Å². The molecule has 0 unspecified atom stereocenters. The van der Waals surface area contributed by atoms with Gasteiger partial charge in [-0.25, -0.2) is 0 Å². The van der Waals surface area contributed by atoms with Gasteiger partial charge in [0.05, 0.1) is 12.7 Å². The number of halogens is 1. The van der Waals surface area contributed by atoms with E-state index in [4.69, 9.17) is 21.6 Å². The fourth-order valence-electron chi connectivity index (χ4n) is 1.63. The van der Waals surface area contributed by atoms with Crippen LogP contribution in [-0.2, 0) is 6.54 Å². The average molecular weight is 281 g/mol. The predicted molar refractivity (Wildman–Crippen MR) is 78.4 cm³/mol. The molecule has 0 aliphatic heterocycles. The Morgan fingerprint density at radius 1 is 1.37 bits per heavy atom. The van der Waals surface area contributed by atoms with Gasteiger partial charge in [0.15, 0.2) is 0 Å². The van der Waals surface area contributed by atoms with E-state index in [-0.39, 0.29) is 0 Å². The molecule has 104 valence electrons. The van der Waals surface area contributed by atoms with Gasteiger partial charge in [0, 0.05) is 29.6 Å². The molecule has 4 heteroatoms. The molecule has 1 aromatic carbocycles. The molecule has 0 saturated heterocycles. The highest BCUT2D eigenvalue weighted by Crippen LogP contribution is 2.23. The van der Waals surface area contributed by atoms with Gasteiger partial charge >= 0.3 is 0 Å². The van der Waals surface area contributed by atoms with E-state index in [9.17, 15) is 0 Å². The molecule has 0 amide bonds. The summed E-state index contributed by atoms with van der Waals surface area (Å²) in [4.78, 5) is 0. The van der Waals surface area contributed by atoms with Crippen LogP contribution in [0.25, 0.3) is 0 Å². The third-order valence-electron chi connectivity index (χ3n) is 2.66. The quantitative estimate of drug-likeness (QED) is 0.734. The molecule has 19 heavy (non-hydrogen) atoms. The summed E-state index contributed by atoms with van der Waals surface area (Å²) in [5.41, 5.74) is 1.07. The van der Waals surface area contributed by atoms with Crippen molar-refractivity contribution in [2.45, 2.75) is 45.7 Å². The third kappa shape index (κ3) is 6.47. The number of nitrogens with zero attached hydrogens (tertiary/aromatic N) is 1. The lowest BCUT2D eigenvalue weighted by molar-refractivity contribution is 0.303. The molecule has 1 rings (SSSR count). The van der Waals surface area contributed by atoms with Crippen molar-refractivity contribution in [3.63, 3.8) is 0 Å². The molecule has 1 aromatic rings. The summed E-state index contributed by atoms with van der Waals surface area (Å²) in [6.07, 6.45) is 2.36. The number of rotatable bonds is 8. The van der Waals surface area contributed by atoms with Crippen molar-refractivity contribution in [2.24, 2.45) is 0 Å². The minimum atomic E-state index is 0.419. The van der Waals surface area contributed by atoms with Crippen LogP contribution in [0.1, 0.15) is 38.7 Å². The zero-order valence-corrected chi connectivity index (χ0v) is 12.3. The van der Waals surface area contributed by atoms with Crippen LogP contribution >= 0.6 is 11.6 Å². The Morgan fingerprint density at radius 2 is 2.16 bits per heavy atom. The van der Waals surface area contributed by atoms with Gasteiger partial charge in [-0.2, -0.15) is 5.26 Å². The maximum absolute atomic E-state index is 8.47. The topological polar surface area (TPSA) is 45.0 Å². The number of nitrogens with one attached hydrogen (secondary N) is 1. The van der Waals surface area contributed by atoms with Gasteiger partial charge in [0.25, 0.3) is 0 Å². The van der Waals surface area contributed by atoms with E-state index in [0.29, 0.717) is 19.1 Å². The van der Waals surface area contributed by atoms with Crippen LogP contribution in [0.5, 0.6) is 5.75 Å². The molecule has 0 aromatic heterocycles. The van der Waals surface area contributed by atoms with Gasteiger partial charge in [-0.15, -0.1) is 0 Å². The van der Waals surface area contributed by atoms with Crippen LogP contribution in [0, 0.1) is 11.3 Å². The first kappa shape index (κ1) is 15.8. The molecule has 0 fully saturated rings. The van der Waals surface area contributed by atoms with Crippen molar-refractivity contribution in [2.75, 3.05) is 6.61 Å². The number of nitriles is 1. The molecule has 0 aliphatic carbocycles. The second-order valence-electron chi connectivity index (χ2n) is 4.75. The van der Waals surface area contributed by atoms with Crippen LogP contribution in [0.2, 0.25) is 5.02 Å². The lowest BCUT2D eigenvalue weighted by atomic mass is 10.2. The van der Waals surface area contributed by atoms with Crippen molar-refractivity contribution in [3.05, 3.63) is 28.8 Å². The molecular formula is C15H21ClN2O. The molecule has 0 heterocycles. The summed E-state index contributed by atoms with van der Waals surface area (Å²) in [6.45, 7) is 5.59. The van der Waals surface area contributed by atoms with Gasteiger partial charge in [-0.1, -0.05) is 25.4 Å². The molecule has 1 N–H and O–H groups in total. The van der Waals surface area contributed by atoms with E-state index in [2.05, 4.69) is 25.2 Å². The molecule has 0 atom stereocenters. The summed E-state index contributed by atoms with van der Waals surface area (Å²) >= 11 is 6.02. The highest BCUT2D eigenvalue weighted by atomic mass is 35.5.